The van der Waals surface area contributed by atoms with Gasteiger partial charge in [-0.15, -0.1) is 0 Å². The number of piperidine rings is 1. The molecule has 2 saturated heterocycles. The number of likely N-dealkylation sites (tertiary alicyclic amines) is 2. The average Bonchev–Trinajstić information content (AvgIpc) is 2.89. The highest BCUT2D eigenvalue weighted by atomic mass is 16.2. The fourth-order valence-electron chi connectivity index (χ4n) is 3.66. The lowest BCUT2D eigenvalue weighted by molar-refractivity contribution is -0.144. The third kappa shape index (κ3) is 2.11. The molecule has 1 atom stereocenters. The Morgan fingerprint density at radius 2 is 2.00 bits per heavy atom. The van der Waals surface area contributed by atoms with Gasteiger partial charge in [-0.25, -0.2) is 0 Å². The molecule has 0 saturated carbocycles. The highest BCUT2D eigenvalue weighted by molar-refractivity contribution is 6.00. The van der Waals surface area contributed by atoms with Gasteiger partial charge in [-0.05, 0) is 44.2 Å². The Hall–Kier alpha value is -1.91. The van der Waals surface area contributed by atoms with Gasteiger partial charge in [0.2, 0.25) is 5.91 Å². The van der Waals surface area contributed by atoms with Crippen LogP contribution >= 0.6 is 0 Å². The lowest BCUT2D eigenvalue weighted by Gasteiger charge is -2.43. The molecule has 21 heavy (non-hydrogen) atoms. The fraction of sp³-hybridized carbons (Fsp3) is 0.562. The first-order chi connectivity index (χ1) is 10.1. The van der Waals surface area contributed by atoms with Crippen molar-refractivity contribution in [2.24, 2.45) is 0 Å². The lowest BCUT2D eigenvalue weighted by atomic mass is 9.85. The van der Waals surface area contributed by atoms with Gasteiger partial charge in [-0.3, -0.25) is 14.6 Å². The van der Waals surface area contributed by atoms with Crippen molar-refractivity contribution < 1.29 is 9.59 Å². The number of nitrogens with zero attached hydrogens (tertiary/aromatic N) is 3. The van der Waals surface area contributed by atoms with Gasteiger partial charge in [-0.1, -0.05) is 0 Å². The van der Waals surface area contributed by atoms with E-state index in [1.807, 2.05) is 20.0 Å². The largest absolute Gasteiger partial charge is 0.344 e. The summed E-state index contributed by atoms with van der Waals surface area (Å²) in [7, 11) is 1.83. The molecule has 5 nitrogen and oxygen atoms in total. The maximum atomic E-state index is 12.9. The number of aryl methyl sites for hydroxylation is 1. The first-order valence-electron chi connectivity index (χ1n) is 7.54. The molecule has 5 heteroatoms. The van der Waals surface area contributed by atoms with Gasteiger partial charge < -0.3 is 9.80 Å². The lowest BCUT2D eigenvalue weighted by Crippen LogP contribution is -2.60. The summed E-state index contributed by atoms with van der Waals surface area (Å²) < 4.78 is 0. The molecule has 112 valence electrons. The molecular weight excluding hydrogens is 266 g/mol. The van der Waals surface area contributed by atoms with E-state index in [0.29, 0.717) is 12.1 Å². The second kappa shape index (κ2) is 5.13. The topological polar surface area (TPSA) is 53.5 Å². The van der Waals surface area contributed by atoms with E-state index in [9.17, 15) is 9.59 Å². The second-order valence-corrected chi connectivity index (χ2v) is 6.11. The summed E-state index contributed by atoms with van der Waals surface area (Å²) in [6.45, 7) is 3.35. The molecule has 1 unspecified atom stereocenters. The van der Waals surface area contributed by atoms with Crippen LogP contribution in [0.25, 0.3) is 0 Å². The van der Waals surface area contributed by atoms with Crippen LogP contribution in [0.4, 0.5) is 0 Å². The van der Waals surface area contributed by atoms with Crippen molar-refractivity contribution in [1.82, 2.24) is 14.8 Å². The molecule has 2 aliphatic heterocycles. The number of likely N-dealkylation sites (N-methyl/N-ethyl adjacent to an activating group) is 1. The smallest absolute Gasteiger partial charge is 0.256 e. The van der Waals surface area contributed by atoms with Gasteiger partial charge in [0.05, 0.1) is 5.56 Å². The quantitative estimate of drug-likeness (QED) is 0.788. The normalized spacial score (nSPS) is 25.7. The van der Waals surface area contributed by atoms with E-state index in [2.05, 4.69) is 4.98 Å². The number of carbonyl (C=O) groups is 2. The van der Waals surface area contributed by atoms with Crippen LogP contribution in [0.2, 0.25) is 0 Å². The number of aromatic nitrogens is 1. The Balaban J connectivity index is 1.96. The zero-order valence-corrected chi connectivity index (χ0v) is 12.6. The molecule has 1 aromatic heterocycles. The van der Waals surface area contributed by atoms with E-state index >= 15 is 0 Å². The average molecular weight is 287 g/mol. The molecule has 0 radical (unpaired) electrons. The summed E-state index contributed by atoms with van der Waals surface area (Å²) in [6.07, 6.45) is 6.71. The van der Waals surface area contributed by atoms with Crippen LogP contribution in [-0.2, 0) is 4.79 Å². The van der Waals surface area contributed by atoms with Crippen LogP contribution in [0.1, 0.15) is 41.6 Å². The molecule has 3 heterocycles. The SMILES string of the molecule is Cc1ccncc1C(=O)N1CCCC12CCCN(C)C2=O. The minimum Gasteiger partial charge on any atom is -0.344 e. The summed E-state index contributed by atoms with van der Waals surface area (Å²) in [5.74, 6) is 0.0443. The van der Waals surface area contributed by atoms with Crippen molar-refractivity contribution in [2.45, 2.75) is 38.1 Å². The predicted molar refractivity (Wildman–Crippen MR) is 78.8 cm³/mol. The minimum atomic E-state index is -0.619. The molecule has 0 aliphatic carbocycles. The van der Waals surface area contributed by atoms with Crippen LogP contribution in [0.3, 0.4) is 0 Å². The summed E-state index contributed by atoms with van der Waals surface area (Å²) in [5, 5.41) is 0. The standard InChI is InChI=1S/C16H21N3O2/c1-12-5-8-17-11-13(12)14(20)19-10-4-7-16(19)6-3-9-18(2)15(16)21/h5,8,11H,3-4,6-7,9-10H2,1-2H3. The van der Waals surface area contributed by atoms with E-state index in [0.717, 1.165) is 37.8 Å². The maximum absolute atomic E-state index is 12.9. The first-order valence-corrected chi connectivity index (χ1v) is 7.54. The van der Waals surface area contributed by atoms with Crippen molar-refractivity contribution >= 4 is 11.8 Å². The number of hydrogen-bond donors (Lipinski definition) is 0. The molecule has 0 bridgehead atoms. The molecule has 2 fully saturated rings. The second-order valence-electron chi connectivity index (χ2n) is 6.11. The third-order valence-corrected chi connectivity index (χ3v) is 4.83. The zero-order valence-electron chi connectivity index (χ0n) is 12.6. The molecule has 2 amide bonds. The number of amides is 2. The van der Waals surface area contributed by atoms with Crippen molar-refractivity contribution in [1.29, 1.82) is 0 Å². The van der Waals surface area contributed by atoms with E-state index < -0.39 is 5.54 Å². The van der Waals surface area contributed by atoms with E-state index in [1.165, 1.54) is 0 Å². The van der Waals surface area contributed by atoms with Gasteiger partial charge in [0, 0.05) is 32.5 Å². The molecule has 0 aromatic carbocycles. The van der Waals surface area contributed by atoms with Gasteiger partial charge in [0.1, 0.15) is 5.54 Å². The van der Waals surface area contributed by atoms with Gasteiger partial charge in [0.25, 0.3) is 5.91 Å². The van der Waals surface area contributed by atoms with Crippen LogP contribution in [-0.4, -0.2) is 52.3 Å². The first kappa shape index (κ1) is 14.0. The Kier molecular flexibility index (Phi) is 3.43. The van der Waals surface area contributed by atoms with E-state index in [-0.39, 0.29) is 11.8 Å². The van der Waals surface area contributed by atoms with Gasteiger partial charge in [-0.2, -0.15) is 0 Å². The predicted octanol–water partition coefficient (Wildman–Crippen LogP) is 1.62. The van der Waals surface area contributed by atoms with Crippen LogP contribution in [0, 0.1) is 6.92 Å². The molecule has 2 aliphatic rings. The Labute approximate surface area is 124 Å². The summed E-state index contributed by atoms with van der Waals surface area (Å²) in [6, 6.07) is 1.84. The number of pyridine rings is 1. The Bertz CT molecular complexity index is 587. The number of hydrogen-bond acceptors (Lipinski definition) is 3. The highest BCUT2D eigenvalue weighted by Gasteiger charge is 2.52. The molecular formula is C16H21N3O2. The van der Waals surface area contributed by atoms with Crippen molar-refractivity contribution in [3.63, 3.8) is 0 Å². The molecule has 1 spiro atoms. The van der Waals surface area contributed by atoms with E-state index in [1.54, 1.807) is 22.2 Å². The monoisotopic (exact) mass is 287 g/mol. The van der Waals surface area contributed by atoms with E-state index in [4.69, 9.17) is 0 Å². The fourth-order valence-corrected chi connectivity index (χ4v) is 3.66. The Morgan fingerprint density at radius 1 is 1.29 bits per heavy atom. The Morgan fingerprint density at radius 3 is 2.71 bits per heavy atom. The summed E-state index contributed by atoms with van der Waals surface area (Å²) in [5.41, 5.74) is 0.903. The van der Waals surface area contributed by atoms with Crippen molar-refractivity contribution in [3.05, 3.63) is 29.6 Å². The van der Waals surface area contributed by atoms with Crippen LogP contribution in [0.5, 0.6) is 0 Å². The van der Waals surface area contributed by atoms with Gasteiger partial charge >= 0.3 is 0 Å². The van der Waals surface area contributed by atoms with Crippen LogP contribution < -0.4 is 0 Å². The highest BCUT2D eigenvalue weighted by Crippen LogP contribution is 2.38. The zero-order chi connectivity index (χ0) is 15.0. The molecule has 3 rings (SSSR count). The molecule has 0 N–H and O–H groups in total. The third-order valence-electron chi connectivity index (χ3n) is 4.83. The molecule has 1 aromatic rings. The number of carbonyl (C=O) groups excluding carboxylic acids is 2. The maximum Gasteiger partial charge on any atom is 0.256 e. The minimum absolute atomic E-state index is 0.0539. The number of rotatable bonds is 1. The van der Waals surface area contributed by atoms with Crippen molar-refractivity contribution in [2.75, 3.05) is 20.1 Å². The van der Waals surface area contributed by atoms with Gasteiger partial charge in [0.15, 0.2) is 0 Å². The summed E-state index contributed by atoms with van der Waals surface area (Å²) >= 11 is 0. The summed E-state index contributed by atoms with van der Waals surface area (Å²) in [4.78, 5) is 33.2. The van der Waals surface area contributed by atoms with Crippen LogP contribution in [0.15, 0.2) is 18.5 Å². The van der Waals surface area contributed by atoms with Crippen molar-refractivity contribution in [3.8, 4) is 0 Å².